The predicted molar refractivity (Wildman–Crippen MR) is 32.2 cm³/mol. The first-order valence-corrected chi connectivity index (χ1v) is 3.07. The van der Waals surface area contributed by atoms with Gasteiger partial charge in [-0.2, -0.15) is 18.7 Å². The number of hydrogen-bond acceptors (Lipinski definition) is 3. The van der Waals surface area contributed by atoms with E-state index in [1.165, 1.54) is 12.4 Å². The van der Waals surface area contributed by atoms with Crippen LogP contribution in [-0.4, -0.2) is 25.5 Å². The molecular formula is C5H8F3NO3. The number of ether oxygens (including phenoxy) is 1. The summed E-state index contributed by atoms with van der Waals surface area (Å²) in [6, 6.07) is 0. The lowest BCUT2D eigenvalue weighted by Gasteiger charge is -2.07. The van der Waals surface area contributed by atoms with Crippen molar-refractivity contribution in [2.75, 3.05) is 13.2 Å². The van der Waals surface area contributed by atoms with Gasteiger partial charge in [-0.15, -0.1) is 0 Å². The largest absolute Gasteiger partial charge is 0.448 e. The molecule has 0 aromatic heterocycles. The molecule has 0 aliphatic rings. The number of carbonyl (C=O) groups excluding carboxylic acids is 1. The molecule has 0 fully saturated rings. The van der Waals surface area contributed by atoms with E-state index in [2.05, 4.69) is 9.57 Å². The summed E-state index contributed by atoms with van der Waals surface area (Å²) in [6.07, 6.45) is -5.50. The minimum atomic E-state index is -4.46. The zero-order chi connectivity index (χ0) is 9.61. The van der Waals surface area contributed by atoms with Gasteiger partial charge in [-0.05, 0) is 6.92 Å². The molecule has 0 aliphatic carbocycles. The first kappa shape index (κ1) is 11.0. The normalized spacial score (nSPS) is 11.0. The van der Waals surface area contributed by atoms with Crippen molar-refractivity contribution in [1.82, 2.24) is 5.48 Å². The molecule has 0 atom stereocenters. The van der Waals surface area contributed by atoms with E-state index in [0.717, 1.165) is 0 Å². The Bertz CT molecular complexity index is 147. The van der Waals surface area contributed by atoms with Crippen LogP contribution in [0.4, 0.5) is 18.0 Å². The molecule has 0 spiro atoms. The molecule has 0 saturated heterocycles. The van der Waals surface area contributed by atoms with Crippen LogP contribution in [0.1, 0.15) is 6.92 Å². The molecule has 0 unspecified atom stereocenters. The number of hydroxylamine groups is 1. The quantitative estimate of drug-likeness (QED) is 0.676. The standard InChI is InChI=1S/C5H8F3NO3/c1-2-11-4(10)9-12-3-5(6,7)8/h2-3H2,1H3,(H,9,10). The maximum absolute atomic E-state index is 11.4. The van der Waals surface area contributed by atoms with Crippen LogP contribution in [0, 0.1) is 0 Å². The van der Waals surface area contributed by atoms with Gasteiger partial charge >= 0.3 is 12.3 Å². The minimum absolute atomic E-state index is 0.0706. The molecule has 0 heterocycles. The average molecular weight is 187 g/mol. The average Bonchev–Trinajstić information content (AvgIpc) is 1.84. The Kier molecular flexibility index (Phi) is 4.42. The molecule has 12 heavy (non-hydrogen) atoms. The van der Waals surface area contributed by atoms with Crippen molar-refractivity contribution in [3.8, 4) is 0 Å². The number of carbonyl (C=O) groups is 1. The molecular weight excluding hydrogens is 179 g/mol. The highest BCUT2D eigenvalue weighted by Gasteiger charge is 2.28. The third-order valence-corrected chi connectivity index (χ3v) is 0.667. The minimum Gasteiger partial charge on any atom is -0.448 e. The summed E-state index contributed by atoms with van der Waals surface area (Å²) < 4.78 is 38.3. The monoisotopic (exact) mass is 187 g/mol. The van der Waals surface area contributed by atoms with Crippen LogP contribution in [-0.2, 0) is 9.57 Å². The topological polar surface area (TPSA) is 47.6 Å². The van der Waals surface area contributed by atoms with E-state index in [0.29, 0.717) is 0 Å². The Morgan fingerprint density at radius 2 is 2.08 bits per heavy atom. The van der Waals surface area contributed by atoms with Crippen LogP contribution in [0.3, 0.4) is 0 Å². The van der Waals surface area contributed by atoms with E-state index >= 15 is 0 Å². The SMILES string of the molecule is CCOC(=O)NOCC(F)(F)F. The summed E-state index contributed by atoms with van der Waals surface area (Å²) in [4.78, 5) is 14.1. The number of hydrogen-bond donors (Lipinski definition) is 1. The first-order valence-electron chi connectivity index (χ1n) is 3.07. The van der Waals surface area contributed by atoms with Crippen molar-refractivity contribution in [1.29, 1.82) is 0 Å². The smallest absolute Gasteiger partial charge is 0.431 e. The number of alkyl halides is 3. The van der Waals surface area contributed by atoms with E-state index in [-0.39, 0.29) is 6.61 Å². The second kappa shape index (κ2) is 4.81. The maximum Gasteiger partial charge on any atom is 0.431 e. The van der Waals surface area contributed by atoms with Crippen molar-refractivity contribution >= 4 is 6.09 Å². The Balaban J connectivity index is 3.37. The lowest BCUT2D eigenvalue weighted by molar-refractivity contribution is -0.185. The predicted octanol–water partition coefficient (Wildman–Crippen LogP) is 1.23. The maximum atomic E-state index is 11.4. The molecule has 0 rings (SSSR count). The zero-order valence-corrected chi connectivity index (χ0v) is 6.27. The van der Waals surface area contributed by atoms with Gasteiger partial charge in [0.05, 0.1) is 6.61 Å². The third kappa shape index (κ3) is 7.13. The number of amides is 1. The van der Waals surface area contributed by atoms with Crippen LogP contribution in [0.5, 0.6) is 0 Å². The van der Waals surface area contributed by atoms with Gasteiger partial charge < -0.3 is 4.74 Å². The molecule has 0 aromatic rings. The number of rotatable bonds is 3. The van der Waals surface area contributed by atoms with Crippen molar-refractivity contribution in [3.63, 3.8) is 0 Å². The van der Waals surface area contributed by atoms with E-state index in [4.69, 9.17) is 0 Å². The van der Waals surface area contributed by atoms with Gasteiger partial charge in [0, 0.05) is 0 Å². The summed E-state index contributed by atoms with van der Waals surface area (Å²) in [5.74, 6) is 0. The van der Waals surface area contributed by atoms with Crippen LogP contribution >= 0.6 is 0 Å². The zero-order valence-electron chi connectivity index (χ0n) is 6.27. The second-order valence-electron chi connectivity index (χ2n) is 1.73. The second-order valence-corrected chi connectivity index (χ2v) is 1.73. The molecule has 0 radical (unpaired) electrons. The fourth-order valence-electron chi connectivity index (χ4n) is 0.337. The van der Waals surface area contributed by atoms with Gasteiger partial charge in [0.1, 0.15) is 0 Å². The molecule has 0 saturated carbocycles. The molecule has 0 bridgehead atoms. The van der Waals surface area contributed by atoms with Crippen LogP contribution < -0.4 is 5.48 Å². The Morgan fingerprint density at radius 1 is 1.50 bits per heavy atom. The van der Waals surface area contributed by atoms with Crippen LogP contribution in [0.2, 0.25) is 0 Å². The highest BCUT2D eigenvalue weighted by molar-refractivity contribution is 5.65. The van der Waals surface area contributed by atoms with Crippen molar-refractivity contribution in [2.24, 2.45) is 0 Å². The van der Waals surface area contributed by atoms with Crippen LogP contribution in [0.15, 0.2) is 0 Å². The highest BCUT2D eigenvalue weighted by Crippen LogP contribution is 2.13. The summed E-state index contributed by atoms with van der Waals surface area (Å²) >= 11 is 0. The third-order valence-electron chi connectivity index (χ3n) is 0.667. The molecule has 0 aliphatic heterocycles. The lowest BCUT2D eigenvalue weighted by atomic mass is 10.7. The Morgan fingerprint density at radius 3 is 2.50 bits per heavy atom. The Labute approximate surface area is 66.6 Å². The summed E-state index contributed by atoms with van der Waals surface area (Å²) in [5, 5.41) is 0. The molecule has 0 aromatic carbocycles. The lowest BCUT2D eigenvalue weighted by Crippen LogP contribution is -2.29. The van der Waals surface area contributed by atoms with Crippen LogP contribution in [0.25, 0.3) is 0 Å². The van der Waals surface area contributed by atoms with E-state index in [1.54, 1.807) is 0 Å². The van der Waals surface area contributed by atoms with Gasteiger partial charge in [0.25, 0.3) is 0 Å². The van der Waals surface area contributed by atoms with Crippen molar-refractivity contribution in [3.05, 3.63) is 0 Å². The molecule has 7 heteroatoms. The summed E-state index contributed by atoms with van der Waals surface area (Å²) in [7, 11) is 0. The van der Waals surface area contributed by atoms with Gasteiger partial charge in [-0.25, -0.2) is 4.79 Å². The Hall–Kier alpha value is -0.980. The highest BCUT2D eigenvalue weighted by atomic mass is 19.4. The van der Waals surface area contributed by atoms with Gasteiger partial charge in [-0.3, -0.25) is 4.84 Å². The fourth-order valence-corrected chi connectivity index (χ4v) is 0.337. The molecule has 1 amide bonds. The van der Waals surface area contributed by atoms with E-state index < -0.39 is 18.9 Å². The van der Waals surface area contributed by atoms with E-state index in [1.807, 2.05) is 0 Å². The number of nitrogens with one attached hydrogen (secondary N) is 1. The van der Waals surface area contributed by atoms with Gasteiger partial charge in [-0.1, -0.05) is 0 Å². The molecule has 4 nitrogen and oxygen atoms in total. The van der Waals surface area contributed by atoms with Crippen molar-refractivity contribution in [2.45, 2.75) is 13.1 Å². The molecule has 72 valence electrons. The first-order chi connectivity index (χ1) is 5.45. The summed E-state index contributed by atoms with van der Waals surface area (Å²) in [6.45, 7) is 0.0519. The van der Waals surface area contributed by atoms with E-state index in [9.17, 15) is 18.0 Å². The van der Waals surface area contributed by atoms with Crippen molar-refractivity contribution < 1.29 is 27.5 Å². The molecule has 1 N–H and O–H groups in total. The van der Waals surface area contributed by atoms with Gasteiger partial charge in [0.15, 0.2) is 6.61 Å². The van der Waals surface area contributed by atoms with Gasteiger partial charge in [0.2, 0.25) is 0 Å². The summed E-state index contributed by atoms with van der Waals surface area (Å²) in [5.41, 5.74) is 1.46. The number of halogens is 3. The fraction of sp³-hybridized carbons (Fsp3) is 0.800.